The molecule has 1 heterocycles. The van der Waals surface area contributed by atoms with Gasteiger partial charge in [0.1, 0.15) is 0 Å². The summed E-state index contributed by atoms with van der Waals surface area (Å²) in [5, 5.41) is 3.44. The second-order valence-corrected chi connectivity index (χ2v) is 5.36. The Kier molecular flexibility index (Phi) is 5.07. The van der Waals surface area contributed by atoms with Crippen molar-refractivity contribution in [3.8, 4) is 0 Å². The van der Waals surface area contributed by atoms with Gasteiger partial charge in [0.2, 0.25) is 0 Å². The van der Waals surface area contributed by atoms with E-state index in [0.717, 1.165) is 19.0 Å². The summed E-state index contributed by atoms with van der Waals surface area (Å²) in [6, 6.07) is 0. The molecule has 2 atom stereocenters. The average Bonchev–Trinajstić information content (AvgIpc) is 2.52. The Morgan fingerprint density at radius 2 is 2.13 bits per heavy atom. The molecule has 1 N–H and O–H groups in total. The zero-order valence-corrected chi connectivity index (χ0v) is 10.8. The van der Waals surface area contributed by atoms with Crippen molar-refractivity contribution in [1.29, 1.82) is 0 Å². The number of rotatable bonds is 6. The number of hydrogen-bond donors (Lipinski definition) is 1. The molecule has 1 rings (SSSR count). The van der Waals surface area contributed by atoms with Gasteiger partial charge in [-0.3, -0.25) is 0 Å². The van der Waals surface area contributed by atoms with E-state index in [0.29, 0.717) is 6.10 Å². The molecular weight excluding hydrogens is 186 g/mol. The first-order valence-corrected chi connectivity index (χ1v) is 6.46. The van der Waals surface area contributed by atoms with E-state index in [1.54, 1.807) is 0 Å². The van der Waals surface area contributed by atoms with Crippen LogP contribution in [0.1, 0.15) is 53.4 Å². The van der Waals surface area contributed by atoms with Crippen LogP contribution >= 0.6 is 0 Å². The Morgan fingerprint density at radius 1 is 1.40 bits per heavy atom. The van der Waals surface area contributed by atoms with Gasteiger partial charge in [0.05, 0.1) is 11.7 Å². The molecule has 0 saturated carbocycles. The highest BCUT2D eigenvalue weighted by Crippen LogP contribution is 2.32. The molecule has 0 radical (unpaired) electrons. The van der Waals surface area contributed by atoms with E-state index >= 15 is 0 Å². The van der Waals surface area contributed by atoms with Gasteiger partial charge in [-0.2, -0.15) is 0 Å². The van der Waals surface area contributed by atoms with Crippen LogP contribution in [0, 0.1) is 5.92 Å². The fourth-order valence-corrected chi connectivity index (χ4v) is 2.36. The van der Waals surface area contributed by atoms with Gasteiger partial charge >= 0.3 is 0 Å². The Morgan fingerprint density at radius 3 is 2.60 bits per heavy atom. The van der Waals surface area contributed by atoms with Crippen LogP contribution in [0.15, 0.2) is 0 Å². The lowest BCUT2D eigenvalue weighted by atomic mass is 9.96. The second-order valence-electron chi connectivity index (χ2n) is 5.36. The van der Waals surface area contributed by atoms with E-state index in [-0.39, 0.29) is 5.60 Å². The summed E-state index contributed by atoms with van der Waals surface area (Å²) in [7, 11) is 0. The number of ether oxygens (including phenoxy) is 1. The number of hydrogen-bond acceptors (Lipinski definition) is 2. The van der Waals surface area contributed by atoms with Gasteiger partial charge in [-0.15, -0.1) is 0 Å². The molecule has 0 aromatic carbocycles. The molecule has 1 aliphatic heterocycles. The van der Waals surface area contributed by atoms with Crippen LogP contribution in [0.4, 0.5) is 0 Å². The van der Waals surface area contributed by atoms with Gasteiger partial charge in [-0.25, -0.2) is 0 Å². The Hall–Kier alpha value is -0.0800. The van der Waals surface area contributed by atoms with Crippen molar-refractivity contribution >= 4 is 0 Å². The van der Waals surface area contributed by atoms with Crippen molar-refractivity contribution in [3.05, 3.63) is 0 Å². The molecule has 0 aliphatic carbocycles. The molecule has 0 bridgehead atoms. The summed E-state index contributed by atoms with van der Waals surface area (Å²) in [4.78, 5) is 0. The molecule has 0 aromatic heterocycles. The van der Waals surface area contributed by atoms with Crippen LogP contribution in [0.5, 0.6) is 0 Å². The largest absolute Gasteiger partial charge is 0.372 e. The minimum atomic E-state index is 0.126. The fraction of sp³-hybridized carbons (Fsp3) is 1.00. The molecule has 0 spiro atoms. The van der Waals surface area contributed by atoms with Crippen LogP contribution in [0.3, 0.4) is 0 Å². The topological polar surface area (TPSA) is 21.3 Å². The molecule has 1 saturated heterocycles. The molecule has 1 aliphatic rings. The Labute approximate surface area is 94.8 Å². The van der Waals surface area contributed by atoms with E-state index in [4.69, 9.17) is 4.74 Å². The smallest absolute Gasteiger partial charge is 0.0631 e. The maximum Gasteiger partial charge on any atom is 0.0631 e. The zero-order chi connectivity index (χ0) is 11.3. The lowest BCUT2D eigenvalue weighted by molar-refractivity contribution is -0.0246. The van der Waals surface area contributed by atoms with Gasteiger partial charge in [-0.05, 0) is 52.1 Å². The second kappa shape index (κ2) is 5.86. The first-order chi connectivity index (χ1) is 7.07. The van der Waals surface area contributed by atoms with Crippen molar-refractivity contribution < 1.29 is 4.74 Å². The van der Waals surface area contributed by atoms with Crippen molar-refractivity contribution in [2.75, 3.05) is 13.1 Å². The maximum absolute atomic E-state index is 6.03. The molecule has 0 aromatic rings. The summed E-state index contributed by atoms with van der Waals surface area (Å²) in [6.45, 7) is 11.1. The molecule has 15 heavy (non-hydrogen) atoms. The van der Waals surface area contributed by atoms with E-state index in [2.05, 4.69) is 33.0 Å². The highest BCUT2D eigenvalue weighted by atomic mass is 16.5. The third kappa shape index (κ3) is 4.52. The van der Waals surface area contributed by atoms with E-state index in [1.165, 1.54) is 25.7 Å². The van der Waals surface area contributed by atoms with Gasteiger partial charge < -0.3 is 10.1 Å². The van der Waals surface area contributed by atoms with E-state index in [1.807, 2.05) is 0 Å². The minimum Gasteiger partial charge on any atom is -0.372 e. The van der Waals surface area contributed by atoms with Crippen LogP contribution in [0.25, 0.3) is 0 Å². The third-order valence-electron chi connectivity index (χ3n) is 3.41. The van der Waals surface area contributed by atoms with Crippen molar-refractivity contribution in [2.45, 2.75) is 65.1 Å². The monoisotopic (exact) mass is 213 g/mol. The molecule has 0 amide bonds. The fourth-order valence-electron chi connectivity index (χ4n) is 2.36. The first-order valence-electron chi connectivity index (χ1n) is 6.46. The van der Waals surface area contributed by atoms with Gasteiger partial charge in [0.15, 0.2) is 0 Å². The lowest BCUT2D eigenvalue weighted by Crippen LogP contribution is -2.27. The molecular formula is C13H27NO. The van der Waals surface area contributed by atoms with Crippen molar-refractivity contribution in [3.63, 3.8) is 0 Å². The Bertz CT molecular complexity index is 179. The van der Waals surface area contributed by atoms with E-state index < -0.39 is 0 Å². The SMILES string of the molecule is CCNCC(CC)CC1CCC(C)(C)O1. The molecule has 1 fully saturated rings. The lowest BCUT2D eigenvalue weighted by Gasteiger charge is -2.22. The van der Waals surface area contributed by atoms with Gasteiger partial charge in [0, 0.05) is 0 Å². The summed E-state index contributed by atoms with van der Waals surface area (Å²) >= 11 is 0. The predicted octanol–water partition coefficient (Wildman–Crippen LogP) is 2.97. The zero-order valence-electron chi connectivity index (χ0n) is 10.8. The van der Waals surface area contributed by atoms with Crippen LogP contribution < -0.4 is 5.32 Å². The molecule has 2 heteroatoms. The molecule has 2 unspecified atom stereocenters. The summed E-state index contributed by atoms with van der Waals surface area (Å²) in [5.74, 6) is 0.781. The standard InChI is InChI=1S/C13H27NO/c1-5-11(10-14-6-2)9-12-7-8-13(3,4)15-12/h11-12,14H,5-10H2,1-4H3. The minimum absolute atomic E-state index is 0.126. The summed E-state index contributed by atoms with van der Waals surface area (Å²) in [6.07, 6.45) is 5.45. The molecule has 90 valence electrons. The highest BCUT2D eigenvalue weighted by molar-refractivity contribution is 4.82. The van der Waals surface area contributed by atoms with Crippen LogP contribution in [-0.2, 0) is 4.74 Å². The molecule has 2 nitrogen and oxygen atoms in total. The van der Waals surface area contributed by atoms with Crippen molar-refractivity contribution in [1.82, 2.24) is 5.32 Å². The number of nitrogens with one attached hydrogen (secondary N) is 1. The first kappa shape index (κ1) is 13.0. The van der Waals surface area contributed by atoms with Gasteiger partial charge in [-0.1, -0.05) is 20.3 Å². The normalized spacial score (nSPS) is 26.8. The summed E-state index contributed by atoms with van der Waals surface area (Å²) < 4.78 is 6.03. The predicted molar refractivity (Wildman–Crippen MR) is 65.1 cm³/mol. The van der Waals surface area contributed by atoms with Crippen molar-refractivity contribution in [2.24, 2.45) is 5.92 Å². The van der Waals surface area contributed by atoms with Crippen LogP contribution in [0.2, 0.25) is 0 Å². The van der Waals surface area contributed by atoms with Crippen LogP contribution in [-0.4, -0.2) is 24.8 Å². The average molecular weight is 213 g/mol. The Balaban J connectivity index is 2.27. The quantitative estimate of drug-likeness (QED) is 0.732. The maximum atomic E-state index is 6.03. The highest BCUT2D eigenvalue weighted by Gasteiger charge is 2.32. The third-order valence-corrected chi connectivity index (χ3v) is 3.41. The van der Waals surface area contributed by atoms with Gasteiger partial charge in [0.25, 0.3) is 0 Å². The van der Waals surface area contributed by atoms with E-state index in [9.17, 15) is 0 Å². The summed E-state index contributed by atoms with van der Waals surface area (Å²) in [5.41, 5.74) is 0.126.